The molecule has 1 fully saturated rings. The first-order chi connectivity index (χ1) is 16.2. The number of aliphatic hydroxyl groups excluding tert-OH is 1. The molecule has 7 heteroatoms. The molecule has 1 aliphatic rings. The maximum Gasteiger partial charge on any atom is 0.291 e. The number of halogens is 4. The van der Waals surface area contributed by atoms with Gasteiger partial charge in [-0.05, 0) is 66.4 Å². The number of allylic oxidation sites excluding steroid dienone is 1. The summed E-state index contributed by atoms with van der Waals surface area (Å²) in [6, 6.07) is 16.2. The van der Waals surface area contributed by atoms with Crippen LogP contribution in [0.4, 0.5) is 23.2 Å². The number of hydrogen-bond donors (Lipinski definition) is 1. The smallest absolute Gasteiger partial charge is 0.291 e. The standard InChI is InChI=1S/C27H23F4NO2/c1-2-27(30,31)19-7-3-18(4-8-19)25-23(15-16-24(33)17-5-9-20(28)10-6-17)26(34)32(25)22-13-11-21(29)12-14-22/h2-14,23-25,33H,1,15-16H2/t23-,24+,25-/m1/s1. The number of hydrogen-bond acceptors (Lipinski definition) is 2. The van der Waals surface area contributed by atoms with Gasteiger partial charge >= 0.3 is 0 Å². The number of amides is 1. The Balaban J connectivity index is 1.58. The molecule has 0 aromatic heterocycles. The van der Waals surface area contributed by atoms with Crippen molar-refractivity contribution in [2.45, 2.75) is 30.9 Å². The summed E-state index contributed by atoms with van der Waals surface area (Å²) in [6.07, 6.45) is 0.258. The van der Waals surface area contributed by atoms with Crippen molar-refractivity contribution < 1.29 is 27.5 Å². The van der Waals surface area contributed by atoms with Crippen LogP contribution in [0.1, 0.15) is 41.7 Å². The number of carbonyl (C=O) groups is 1. The van der Waals surface area contributed by atoms with Gasteiger partial charge in [-0.2, -0.15) is 8.78 Å². The highest BCUT2D eigenvalue weighted by molar-refractivity contribution is 6.03. The monoisotopic (exact) mass is 469 g/mol. The van der Waals surface area contributed by atoms with Gasteiger partial charge in [-0.25, -0.2) is 8.78 Å². The molecule has 1 aliphatic heterocycles. The van der Waals surface area contributed by atoms with Gasteiger partial charge in [0, 0.05) is 11.3 Å². The van der Waals surface area contributed by atoms with E-state index < -0.39 is 35.6 Å². The molecule has 3 aromatic rings. The fraction of sp³-hybridized carbons (Fsp3) is 0.222. The van der Waals surface area contributed by atoms with Crippen molar-refractivity contribution in [1.82, 2.24) is 0 Å². The lowest BCUT2D eigenvalue weighted by atomic mass is 9.78. The molecule has 0 saturated carbocycles. The predicted octanol–water partition coefficient (Wildman–Crippen LogP) is 6.46. The van der Waals surface area contributed by atoms with Crippen LogP contribution < -0.4 is 4.90 Å². The average Bonchev–Trinajstić information content (AvgIpc) is 2.84. The van der Waals surface area contributed by atoms with E-state index in [1.165, 1.54) is 65.6 Å². The van der Waals surface area contributed by atoms with Crippen LogP contribution in [0, 0.1) is 17.6 Å². The van der Waals surface area contributed by atoms with Gasteiger partial charge in [0.25, 0.3) is 5.92 Å². The number of benzene rings is 3. The number of alkyl halides is 2. The van der Waals surface area contributed by atoms with Crippen molar-refractivity contribution in [2.75, 3.05) is 4.90 Å². The fourth-order valence-electron chi connectivity index (χ4n) is 4.31. The maximum absolute atomic E-state index is 14.0. The lowest BCUT2D eigenvalue weighted by molar-refractivity contribution is -0.131. The molecule has 3 atom stereocenters. The quantitative estimate of drug-likeness (QED) is 0.234. The molecule has 1 heterocycles. The molecule has 176 valence electrons. The van der Waals surface area contributed by atoms with Gasteiger partial charge < -0.3 is 10.0 Å². The van der Waals surface area contributed by atoms with E-state index in [9.17, 15) is 27.5 Å². The Kier molecular flexibility index (Phi) is 6.57. The van der Waals surface area contributed by atoms with E-state index in [0.717, 1.165) is 0 Å². The average molecular weight is 469 g/mol. The molecule has 1 N–H and O–H groups in total. The second-order valence-electron chi connectivity index (χ2n) is 8.33. The van der Waals surface area contributed by atoms with Crippen LogP contribution in [0.3, 0.4) is 0 Å². The second-order valence-corrected chi connectivity index (χ2v) is 8.33. The van der Waals surface area contributed by atoms with E-state index in [-0.39, 0.29) is 17.9 Å². The van der Waals surface area contributed by atoms with Crippen molar-refractivity contribution in [1.29, 1.82) is 0 Å². The third-order valence-electron chi connectivity index (χ3n) is 6.22. The molecule has 0 unspecified atom stereocenters. The summed E-state index contributed by atoms with van der Waals surface area (Å²) >= 11 is 0. The minimum absolute atomic E-state index is 0.205. The van der Waals surface area contributed by atoms with E-state index in [2.05, 4.69) is 6.58 Å². The Morgan fingerprint density at radius 1 is 0.941 bits per heavy atom. The summed E-state index contributed by atoms with van der Waals surface area (Å²) in [6.45, 7) is 3.17. The van der Waals surface area contributed by atoms with Crippen LogP contribution in [0.25, 0.3) is 0 Å². The molecule has 0 spiro atoms. The van der Waals surface area contributed by atoms with Crippen LogP contribution in [0.5, 0.6) is 0 Å². The van der Waals surface area contributed by atoms with Crippen molar-refractivity contribution >= 4 is 11.6 Å². The summed E-state index contributed by atoms with van der Waals surface area (Å²) in [5.74, 6) is -4.74. The zero-order chi connectivity index (χ0) is 24.5. The predicted molar refractivity (Wildman–Crippen MR) is 121 cm³/mol. The molecule has 3 aromatic carbocycles. The Bertz CT molecular complexity index is 1160. The lowest BCUT2D eigenvalue weighted by Crippen LogP contribution is -2.55. The number of nitrogens with zero attached hydrogens (tertiary/aromatic N) is 1. The van der Waals surface area contributed by atoms with E-state index in [1.807, 2.05) is 0 Å². The third-order valence-corrected chi connectivity index (χ3v) is 6.22. The van der Waals surface area contributed by atoms with Gasteiger partial charge in [-0.15, -0.1) is 0 Å². The first-order valence-electron chi connectivity index (χ1n) is 10.9. The highest BCUT2D eigenvalue weighted by atomic mass is 19.3. The highest BCUT2D eigenvalue weighted by Crippen LogP contribution is 2.46. The molecular weight excluding hydrogens is 446 g/mol. The van der Waals surface area contributed by atoms with Crippen LogP contribution in [0.2, 0.25) is 0 Å². The molecule has 0 radical (unpaired) electrons. The number of β-lactam (4-membered cyclic amide) rings is 1. The molecule has 1 saturated heterocycles. The largest absolute Gasteiger partial charge is 0.388 e. The molecule has 3 nitrogen and oxygen atoms in total. The van der Waals surface area contributed by atoms with Crippen LogP contribution >= 0.6 is 0 Å². The Labute approximate surface area is 195 Å². The number of aliphatic hydroxyl groups is 1. The van der Waals surface area contributed by atoms with E-state index in [4.69, 9.17) is 0 Å². The van der Waals surface area contributed by atoms with Gasteiger partial charge in [-0.3, -0.25) is 4.79 Å². The summed E-state index contributed by atoms with van der Waals surface area (Å²) in [7, 11) is 0. The SMILES string of the molecule is C=CC(F)(F)c1ccc([C@@H]2[C@@H](CC[C@H](O)c3ccc(F)cc3)C(=O)N2c2ccc(F)cc2)cc1. The fourth-order valence-corrected chi connectivity index (χ4v) is 4.31. The Hall–Kier alpha value is -3.45. The molecule has 4 rings (SSSR count). The molecule has 34 heavy (non-hydrogen) atoms. The zero-order valence-corrected chi connectivity index (χ0v) is 18.2. The van der Waals surface area contributed by atoms with Gasteiger partial charge in [0.1, 0.15) is 11.6 Å². The molecule has 1 amide bonds. The topological polar surface area (TPSA) is 40.5 Å². The van der Waals surface area contributed by atoms with Crippen LogP contribution in [-0.4, -0.2) is 11.0 Å². The number of rotatable bonds is 8. The van der Waals surface area contributed by atoms with Crippen molar-refractivity contribution in [3.8, 4) is 0 Å². The Morgan fingerprint density at radius 3 is 2.06 bits per heavy atom. The van der Waals surface area contributed by atoms with E-state index in [1.54, 1.807) is 12.1 Å². The van der Waals surface area contributed by atoms with Gasteiger partial charge in [0.2, 0.25) is 5.91 Å². The third kappa shape index (κ3) is 4.61. The molecular formula is C27H23F4NO2. The lowest BCUT2D eigenvalue weighted by Gasteiger charge is -2.48. The maximum atomic E-state index is 14.0. The highest BCUT2D eigenvalue weighted by Gasteiger charge is 2.48. The molecule has 0 bridgehead atoms. The van der Waals surface area contributed by atoms with Crippen LogP contribution in [0.15, 0.2) is 85.5 Å². The first kappa shape index (κ1) is 23.7. The summed E-state index contributed by atoms with van der Waals surface area (Å²) < 4.78 is 54.5. The normalized spacial score (nSPS) is 19.0. The van der Waals surface area contributed by atoms with Gasteiger partial charge in [0.05, 0.1) is 18.1 Å². The minimum Gasteiger partial charge on any atom is -0.388 e. The summed E-state index contributed by atoms with van der Waals surface area (Å²) in [5, 5.41) is 10.5. The van der Waals surface area contributed by atoms with Gasteiger partial charge in [0.15, 0.2) is 0 Å². The first-order valence-corrected chi connectivity index (χ1v) is 10.9. The van der Waals surface area contributed by atoms with Crippen molar-refractivity contribution in [3.63, 3.8) is 0 Å². The van der Waals surface area contributed by atoms with Crippen molar-refractivity contribution in [2.24, 2.45) is 5.92 Å². The zero-order valence-electron chi connectivity index (χ0n) is 18.2. The molecule has 0 aliphatic carbocycles. The van der Waals surface area contributed by atoms with E-state index in [0.29, 0.717) is 29.3 Å². The summed E-state index contributed by atoms with van der Waals surface area (Å²) in [4.78, 5) is 14.6. The van der Waals surface area contributed by atoms with Crippen molar-refractivity contribution in [3.05, 3.63) is 114 Å². The Morgan fingerprint density at radius 2 is 1.50 bits per heavy atom. The minimum atomic E-state index is -3.18. The van der Waals surface area contributed by atoms with Crippen LogP contribution in [-0.2, 0) is 10.7 Å². The van der Waals surface area contributed by atoms with Gasteiger partial charge in [-0.1, -0.05) is 43.0 Å². The second kappa shape index (κ2) is 9.43. The van der Waals surface area contributed by atoms with E-state index >= 15 is 0 Å². The number of carbonyl (C=O) groups excluding carboxylic acids is 1. The number of anilines is 1. The summed E-state index contributed by atoms with van der Waals surface area (Å²) in [5.41, 5.74) is 1.46.